The van der Waals surface area contributed by atoms with Crippen molar-refractivity contribution < 1.29 is 9.53 Å². The normalized spacial score (nSPS) is 11.3. The molecule has 1 aromatic heterocycles. The van der Waals surface area contributed by atoms with Crippen molar-refractivity contribution in [2.75, 3.05) is 26.2 Å². The Bertz CT molecular complexity index is 627. The smallest absolute Gasteiger partial charge is 0.338 e. The SMILES string of the molecule is CCN(CC)CCOC(=O)c1ccc2[nH]c(C)c(C)c2c1. The predicted octanol–water partition coefficient (Wildman–Crippen LogP) is 3.28. The molecule has 2 rings (SSSR count). The third-order valence-corrected chi connectivity index (χ3v) is 4.08. The monoisotopic (exact) mass is 288 g/mol. The van der Waals surface area contributed by atoms with Crippen molar-refractivity contribution in [2.45, 2.75) is 27.7 Å². The van der Waals surface area contributed by atoms with Crippen molar-refractivity contribution in [1.29, 1.82) is 0 Å². The number of H-pyrrole nitrogens is 1. The Morgan fingerprint density at radius 1 is 1.24 bits per heavy atom. The molecule has 0 aliphatic heterocycles. The number of likely N-dealkylation sites (N-methyl/N-ethyl adjacent to an activating group) is 1. The van der Waals surface area contributed by atoms with Gasteiger partial charge in [0.05, 0.1) is 5.56 Å². The summed E-state index contributed by atoms with van der Waals surface area (Å²) in [7, 11) is 0. The molecule has 0 aliphatic rings. The second-order valence-electron chi connectivity index (χ2n) is 5.30. The molecule has 0 saturated carbocycles. The largest absolute Gasteiger partial charge is 0.461 e. The lowest BCUT2D eigenvalue weighted by Gasteiger charge is -2.17. The molecule has 0 radical (unpaired) electrons. The van der Waals surface area contributed by atoms with Crippen LogP contribution in [0.1, 0.15) is 35.5 Å². The fourth-order valence-corrected chi connectivity index (χ4v) is 2.48. The van der Waals surface area contributed by atoms with Gasteiger partial charge in [0.15, 0.2) is 0 Å². The molecule has 1 heterocycles. The Labute approximate surface area is 126 Å². The summed E-state index contributed by atoms with van der Waals surface area (Å²) in [6.45, 7) is 11.5. The van der Waals surface area contributed by atoms with Crippen LogP contribution in [0.2, 0.25) is 0 Å². The van der Waals surface area contributed by atoms with Gasteiger partial charge in [-0.1, -0.05) is 13.8 Å². The van der Waals surface area contributed by atoms with Crippen LogP contribution in [0.3, 0.4) is 0 Å². The highest BCUT2D eigenvalue weighted by Gasteiger charge is 2.11. The average molecular weight is 288 g/mol. The Morgan fingerprint density at radius 3 is 2.62 bits per heavy atom. The first kappa shape index (κ1) is 15.6. The molecule has 0 atom stereocenters. The van der Waals surface area contributed by atoms with Gasteiger partial charge in [-0.15, -0.1) is 0 Å². The van der Waals surface area contributed by atoms with E-state index in [9.17, 15) is 4.79 Å². The molecule has 1 aromatic carbocycles. The third kappa shape index (κ3) is 3.45. The Balaban J connectivity index is 2.04. The van der Waals surface area contributed by atoms with E-state index in [2.05, 4.69) is 30.7 Å². The van der Waals surface area contributed by atoms with Gasteiger partial charge in [0.25, 0.3) is 0 Å². The predicted molar refractivity (Wildman–Crippen MR) is 85.8 cm³/mol. The number of ether oxygens (including phenoxy) is 1. The maximum atomic E-state index is 12.1. The molecule has 0 amide bonds. The van der Waals surface area contributed by atoms with Crippen molar-refractivity contribution in [2.24, 2.45) is 0 Å². The van der Waals surface area contributed by atoms with Gasteiger partial charge in [0, 0.05) is 23.1 Å². The van der Waals surface area contributed by atoms with Crippen LogP contribution in [0.15, 0.2) is 18.2 Å². The van der Waals surface area contributed by atoms with Crippen molar-refractivity contribution >= 4 is 16.9 Å². The van der Waals surface area contributed by atoms with Crippen LogP contribution < -0.4 is 0 Å². The van der Waals surface area contributed by atoms with Crippen LogP contribution in [0.5, 0.6) is 0 Å². The number of nitrogens with one attached hydrogen (secondary N) is 1. The van der Waals surface area contributed by atoms with E-state index >= 15 is 0 Å². The molecule has 4 heteroatoms. The maximum Gasteiger partial charge on any atom is 0.338 e. The molecule has 2 aromatic rings. The number of aryl methyl sites for hydroxylation is 2. The van der Waals surface area contributed by atoms with E-state index in [1.54, 1.807) is 0 Å². The number of aromatic amines is 1. The maximum absolute atomic E-state index is 12.1. The van der Waals surface area contributed by atoms with Crippen molar-refractivity contribution in [3.8, 4) is 0 Å². The van der Waals surface area contributed by atoms with Crippen molar-refractivity contribution in [3.05, 3.63) is 35.0 Å². The van der Waals surface area contributed by atoms with Crippen molar-refractivity contribution in [1.82, 2.24) is 9.88 Å². The van der Waals surface area contributed by atoms with E-state index in [0.29, 0.717) is 12.2 Å². The molecular weight excluding hydrogens is 264 g/mol. The van der Waals surface area contributed by atoms with E-state index in [1.165, 1.54) is 5.56 Å². The first-order chi connectivity index (χ1) is 10.1. The number of hydrogen-bond acceptors (Lipinski definition) is 3. The van der Waals surface area contributed by atoms with Crippen LogP contribution in [0.25, 0.3) is 10.9 Å². The van der Waals surface area contributed by atoms with Crippen molar-refractivity contribution in [3.63, 3.8) is 0 Å². The summed E-state index contributed by atoms with van der Waals surface area (Å²) in [4.78, 5) is 17.7. The summed E-state index contributed by atoms with van der Waals surface area (Å²) in [5.41, 5.74) is 3.99. The summed E-state index contributed by atoms with van der Waals surface area (Å²) in [6, 6.07) is 5.67. The Kier molecular flexibility index (Phi) is 5.02. The molecule has 114 valence electrons. The highest BCUT2D eigenvalue weighted by molar-refractivity contribution is 5.96. The van der Waals surface area contributed by atoms with Crippen LogP contribution >= 0.6 is 0 Å². The molecule has 4 nitrogen and oxygen atoms in total. The number of carbonyl (C=O) groups excluding carboxylic acids is 1. The fourth-order valence-electron chi connectivity index (χ4n) is 2.48. The molecule has 0 unspecified atom stereocenters. The lowest BCUT2D eigenvalue weighted by molar-refractivity contribution is 0.0466. The van der Waals surface area contributed by atoms with E-state index in [4.69, 9.17) is 4.74 Å². The lowest BCUT2D eigenvalue weighted by Crippen LogP contribution is -2.27. The Morgan fingerprint density at radius 2 is 1.95 bits per heavy atom. The second kappa shape index (κ2) is 6.76. The average Bonchev–Trinajstić information content (AvgIpc) is 2.78. The lowest BCUT2D eigenvalue weighted by atomic mass is 10.1. The van der Waals surface area contributed by atoms with E-state index < -0.39 is 0 Å². The molecule has 0 aliphatic carbocycles. The molecule has 21 heavy (non-hydrogen) atoms. The van der Waals surface area contributed by atoms with Crippen LogP contribution in [-0.2, 0) is 4.74 Å². The van der Waals surface area contributed by atoms with Crippen LogP contribution in [0, 0.1) is 13.8 Å². The van der Waals surface area contributed by atoms with Gasteiger partial charge >= 0.3 is 5.97 Å². The van der Waals surface area contributed by atoms with Gasteiger partial charge in [-0.25, -0.2) is 4.79 Å². The van der Waals surface area contributed by atoms with E-state index in [0.717, 1.165) is 36.2 Å². The highest BCUT2D eigenvalue weighted by Crippen LogP contribution is 2.22. The summed E-state index contributed by atoms with van der Waals surface area (Å²) in [5.74, 6) is -0.248. The minimum atomic E-state index is -0.248. The van der Waals surface area contributed by atoms with E-state index in [1.807, 2.05) is 25.1 Å². The fraction of sp³-hybridized carbons (Fsp3) is 0.471. The molecule has 0 bridgehead atoms. The standard InChI is InChI=1S/C17H24N2O2/c1-5-19(6-2)9-10-21-17(20)14-7-8-16-15(11-14)12(3)13(4)18-16/h7-8,11,18H,5-6,9-10H2,1-4H3. The van der Waals surface area contributed by atoms with Gasteiger partial charge in [0.2, 0.25) is 0 Å². The zero-order chi connectivity index (χ0) is 15.4. The van der Waals surface area contributed by atoms with E-state index in [-0.39, 0.29) is 5.97 Å². The van der Waals surface area contributed by atoms with Gasteiger partial charge in [0.1, 0.15) is 6.61 Å². The van der Waals surface area contributed by atoms with Gasteiger partial charge in [-0.05, 0) is 50.7 Å². The molecule has 1 N–H and O–H groups in total. The minimum absolute atomic E-state index is 0.248. The third-order valence-electron chi connectivity index (χ3n) is 4.08. The van der Waals surface area contributed by atoms with Gasteiger partial charge < -0.3 is 14.6 Å². The topological polar surface area (TPSA) is 45.3 Å². The first-order valence-electron chi connectivity index (χ1n) is 7.55. The number of fused-ring (bicyclic) bond motifs is 1. The molecule has 0 spiro atoms. The van der Waals surface area contributed by atoms with Gasteiger partial charge in [-0.2, -0.15) is 0 Å². The molecule has 0 saturated heterocycles. The second-order valence-corrected chi connectivity index (χ2v) is 5.30. The summed E-state index contributed by atoms with van der Waals surface area (Å²) in [5, 5.41) is 1.09. The summed E-state index contributed by atoms with van der Waals surface area (Å²) in [6.07, 6.45) is 0. The zero-order valence-corrected chi connectivity index (χ0v) is 13.3. The number of carbonyl (C=O) groups is 1. The summed E-state index contributed by atoms with van der Waals surface area (Å²) >= 11 is 0. The zero-order valence-electron chi connectivity index (χ0n) is 13.3. The summed E-state index contributed by atoms with van der Waals surface area (Å²) < 4.78 is 5.37. The Hall–Kier alpha value is -1.81. The van der Waals surface area contributed by atoms with Crippen LogP contribution in [0.4, 0.5) is 0 Å². The minimum Gasteiger partial charge on any atom is -0.461 e. The first-order valence-corrected chi connectivity index (χ1v) is 7.55. The van der Waals surface area contributed by atoms with Gasteiger partial charge in [-0.3, -0.25) is 0 Å². The molecular formula is C17H24N2O2. The number of aromatic nitrogens is 1. The number of hydrogen-bond donors (Lipinski definition) is 1. The van der Waals surface area contributed by atoms with Crippen LogP contribution in [-0.4, -0.2) is 42.1 Å². The quantitative estimate of drug-likeness (QED) is 0.830. The number of benzene rings is 1. The number of rotatable bonds is 6. The number of nitrogens with zero attached hydrogens (tertiary/aromatic N) is 1. The molecule has 0 fully saturated rings. The number of esters is 1. The highest BCUT2D eigenvalue weighted by atomic mass is 16.5.